The van der Waals surface area contributed by atoms with Gasteiger partial charge in [0.1, 0.15) is 5.82 Å². The maximum atomic E-state index is 13.4. The molecule has 5 atom stereocenters. The number of nitrogens with zero attached hydrogens (tertiary/aromatic N) is 4. The van der Waals surface area contributed by atoms with Gasteiger partial charge in [-0.2, -0.15) is 4.37 Å². The summed E-state index contributed by atoms with van der Waals surface area (Å²) in [5, 5.41) is 12.0. The molecule has 0 radical (unpaired) electrons. The molecule has 4 fully saturated rings. The van der Waals surface area contributed by atoms with E-state index in [4.69, 9.17) is 4.37 Å². The quantitative estimate of drug-likeness (QED) is 0.606. The number of aromatic nitrogens is 1. The van der Waals surface area contributed by atoms with Gasteiger partial charge < -0.3 is 10.0 Å². The maximum absolute atomic E-state index is 13.4. The highest BCUT2D eigenvalue weighted by Gasteiger charge is 2.61. The highest BCUT2D eigenvalue weighted by molar-refractivity contribution is 7.13. The Balaban J connectivity index is 1.00. The predicted molar refractivity (Wildman–Crippen MR) is 144 cm³/mol. The maximum Gasteiger partial charge on any atom is 0.257 e. The van der Waals surface area contributed by atoms with Crippen LogP contribution in [0.5, 0.6) is 0 Å². The summed E-state index contributed by atoms with van der Waals surface area (Å²) >= 11 is 1.58. The lowest BCUT2D eigenvalue weighted by Gasteiger charge is -2.40. The van der Waals surface area contributed by atoms with E-state index in [9.17, 15) is 14.7 Å². The molecule has 196 valence electrons. The molecule has 2 saturated heterocycles. The molecule has 2 bridgehead atoms. The number of benzene rings is 1. The first-order valence-corrected chi connectivity index (χ1v) is 14.8. The van der Waals surface area contributed by atoms with Gasteiger partial charge in [0.05, 0.1) is 16.2 Å². The van der Waals surface area contributed by atoms with Gasteiger partial charge in [-0.3, -0.25) is 19.4 Å². The fourth-order valence-corrected chi connectivity index (χ4v) is 8.76. The third kappa shape index (κ3) is 3.86. The molecule has 1 N–H and O–H groups in total. The van der Waals surface area contributed by atoms with Crippen molar-refractivity contribution in [3.05, 3.63) is 35.4 Å². The zero-order valence-corrected chi connectivity index (χ0v) is 22.4. The number of carbonyl (C=O) groups excluding carboxylic acids is 2. The van der Waals surface area contributed by atoms with Gasteiger partial charge in [0.15, 0.2) is 0 Å². The third-order valence-electron chi connectivity index (χ3n) is 9.94. The zero-order chi connectivity index (χ0) is 25.3. The summed E-state index contributed by atoms with van der Waals surface area (Å²) in [6, 6.07) is 8.48. The van der Waals surface area contributed by atoms with E-state index >= 15 is 0 Å². The largest absolute Gasteiger partial charge is 0.390 e. The number of amides is 2. The minimum Gasteiger partial charge on any atom is -0.390 e. The van der Waals surface area contributed by atoms with Gasteiger partial charge in [-0.1, -0.05) is 30.5 Å². The fraction of sp³-hybridized carbons (Fsp3) is 0.621. The number of likely N-dealkylation sites (tertiary alicyclic amines) is 1. The summed E-state index contributed by atoms with van der Waals surface area (Å²) in [6.45, 7) is 7.42. The highest BCUT2D eigenvalue weighted by Crippen LogP contribution is 2.56. The lowest BCUT2D eigenvalue weighted by Crippen LogP contribution is -2.49. The molecule has 3 heterocycles. The number of imide groups is 1. The number of rotatable bonds is 5. The van der Waals surface area contributed by atoms with Crippen LogP contribution in [0.1, 0.15) is 45.4 Å². The highest BCUT2D eigenvalue weighted by atomic mass is 32.1. The van der Waals surface area contributed by atoms with Gasteiger partial charge in [-0.05, 0) is 68.1 Å². The van der Waals surface area contributed by atoms with Gasteiger partial charge in [-0.25, -0.2) is 0 Å². The van der Waals surface area contributed by atoms with Crippen molar-refractivity contribution in [2.45, 2.75) is 51.0 Å². The lowest BCUT2D eigenvalue weighted by atomic mass is 9.78. The number of aliphatic hydroxyl groups is 1. The molecule has 7 rings (SSSR count). The van der Waals surface area contributed by atoms with Crippen molar-refractivity contribution >= 4 is 39.3 Å². The first kappa shape index (κ1) is 23.8. The van der Waals surface area contributed by atoms with Crippen LogP contribution in [0.2, 0.25) is 0 Å². The van der Waals surface area contributed by atoms with Crippen LogP contribution in [0, 0.1) is 23.7 Å². The Bertz CT molecular complexity index is 1280. The molecule has 2 aliphatic heterocycles. The van der Waals surface area contributed by atoms with Crippen LogP contribution in [-0.2, 0) is 9.59 Å². The first-order chi connectivity index (χ1) is 17.9. The van der Waals surface area contributed by atoms with Crippen LogP contribution in [0.3, 0.4) is 0 Å². The van der Waals surface area contributed by atoms with Gasteiger partial charge in [-0.15, -0.1) is 0 Å². The van der Waals surface area contributed by atoms with Crippen LogP contribution in [0.25, 0.3) is 10.1 Å². The van der Waals surface area contributed by atoms with Gasteiger partial charge in [0.25, 0.3) is 5.91 Å². The van der Waals surface area contributed by atoms with Gasteiger partial charge in [0, 0.05) is 56.1 Å². The molecule has 0 spiro atoms. The molecule has 2 saturated carbocycles. The fourth-order valence-electron chi connectivity index (χ4n) is 7.96. The third-order valence-corrected chi connectivity index (χ3v) is 10.8. The summed E-state index contributed by atoms with van der Waals surface area (Å²) in [7, 11) is 0. The van der Waals surface area contributed by atoms with E-state index in [1.165, 1.54) is 29.3 Å². The molecule has 1 aromatic carbocycles. The average molecular weight is 521 g/mol. The Kier molecular flexibility index (Phi) is 5.72. The topological polar surface area (TPSA) is 77.0 Å². The molecule has 2 amide bonds. The molecule has 0 unspecified atom stereocenters. The summed E-state index contributed by atoms with van der Waals surface area (Å²) in [6.07, 6.45) is 5.93. The van der Waals surface area contributed by atoms with Crippen molar-refractivity contribution in [1.29, 1.82) is 0 Å². The smallest absolute Gasteiger partial charge is 0.257 e. The normalized spacial score (nSPS) is 34.3. The van der Waals surface area contributed by atoms with E-state index in [-0.39, 0.29) is 17.7 Å². The van der Waals surface area contributed by atoms with Crippen LogP contribution in [0.4, 0.5) is 5.82 Å². The van der Waals surface area contributed by atoms with Crippen molar-refractivity contribution in [2.24, 2.45) is 23.7 Å². The summed E-state index contributed by atoms with van der Waals surface area (Å²) in [5.74, 6) is 1.37. The van der Waals surface area contributed by atoms with E-state index < -0.39 is 11.5 Å². The molecule has 1 aromatic heterocycles. The van der Waals surface area contributed by atoms with E-state index in [1.54, 1.807) is 16.4 Å². The van der Waals surface area contributed by atoms with Crippen LogP contribution < -0.4 is 4.90 Å². The summed E-state index contributed by atoms with van der Waals surface area (Å²) < 4.78 is 6.00. The van der Waals surface area contributed by atoms with Crippen LogP contribution >= 0.6 is 11.5 Å². The second-order valence-electron chi connectivity index (χ2n) is 12.2. The van der Waals surface area contributed by atoms with E-state index in [1.807, 2.05) is 6.92 Å². The van der Waals surface area contributed by atoms with E-state index in [2.05, 4.69) is 34.1 Å². The van der Waals surface area contributed by atoms with Crippen molar-refractivity contribution < 1.29 is 14.7 Å². The molecule has 5 aliphatic rings. The molecule has 3 aliphatic carbocycles. The number of hydrogen-bond acceptors (Lipinski definition) is 7. The Morgan fingerprint density at radius 1 is 1.05 bits per heavy atom. The molecular weight excluding hydrogens is 484 g/mol. The van der Waals surface area contributed by atoms with Crippen molar-refractivity contribution in [3.8, 4) is 0 Å². The molecule has 2 aromatic rings. The minimum atomic E-state index is -0.851. The monoisotopic (exact) mass is 520 g/mol. The Labute approximate surface area is 222 Å². The second kappa shape index (κ2) is 8.89. The number of fused-ring (bicyclic) bond motifs is 5. The van der Waals surface area contributed by atoms with Crippen molar-refractivity contribution in [2.75, 3.05) is 44.2 Å². The second-order valence-corrected chi connectivity index (χ2v) is 13.0. The molecule has 7 nitrogen and oxygen atoms in total. The number of piperazine rings is 1. The number of carbonyl (C=O) groups is 2. The molecule has 37 heavy (non-hydrogen) atoms. The number of anilines is 1. The predicted octanol–water partition coefficient (Wildman–Crippen LogP) is 3.68. The molecule has 8 heteroatoms. The average Bonchev–Trinajstić information content (AvgIpc) is 3.62. The lowest BCUT2D eigenvalue weighted by molar-refractivity contribution is -0.142. The van der Waals surface area contributed by atoms with Gasteiger partial charge in [0.2, 0.25) is 5.91 Å². The zero-order valence-electron chi connectivity index (χ0n) is 21.6. The summed E-state index contributed by atoms with van der Waals surface area (Å²) in [5.41, 5.74) is 0.918. The van der Waals surface area contributed by atoms with Gasteiger partial charge >= 0.3 is 0 Å². The van der Waals surface area contributed by atoms with E-state index in [0.717, 1.165) is 56.1 Å². The first-order valence-electron chi connectivity index (χ1n) is 14.0. The Hall–Kier alpha value is -2.29. The van der Waals surface area contributed by atoms with Crippen LogP contribution in [0.15, 0.2) is 35.4 Å². The standard InChI is InChI=1S/C29H36N4O3S/c1-29(36)15-20-14-22(29)25-24(20)27(34)33(28(25)35)17-19-7-3-2-6-18(19)16-31-10-12-32(13-11-31)26-21-8-4-5-9-23(21)37-30-26/h4-5,8-9,18-19,22,25,36H,2-3,6-7,10-17H2,1H3/t18-,19-,22-,25-,29+/m0/s1. The SMILES string of the molecule is C[C@@]1(O)CC2=C3C(=O)N(C[C@@H]4CCCC[C@H]4CN4CCN(c5nsc6ccccc56)CC4)C(=O)[C@H]3[C@@H]1C2. The minimum absolute atomic E-state index is 0.0478. The molecular formula is C29H36N4O3S. The summed E-state index contributed by atoms with van der Waals surface area (Å²) in [4.78, 5) is 33.4. The van der Waals surface area contributed by atoms with E-state index in [0.29, 0.717) is 31.2 Å². The van der Waals surface area contributed by atoms with Crippen molar-refractivity contribution in [3.63, 3.8) is 0 Å². The Morgan fingerprint density at radius 2 is 1.78 bits per heavy atom. The number of hydrogen-bond donors (Lipinski definition) is 1. The van der Waals surface area contributed by atoms with Crippen LogP contribution in [-0.4, -0.2) is 76.0 Å². The Morgan fingerprint density at radius 3 is 2.57 bits per heavy atom. The van der Waals surface area contributed by atoms with Crippen molar-refractivity contribution in [1.82, 2.24) is 14.2 Å².